The molecule has 0 spiro atoms. The van der Waals surface area contributed by atoms with E-state index < -0.39 is 9.87 Å². The molecule has 56 heavy (non-hydrogen) atoms. The smallest absolute Gasteiger partial charge is 0.270 e. The van der Waals surface area contributed by atoms with Gasteiger partial charge in [-0.05, 0) is 108 Å². The molecule has 12 heteroatoms. The highest BCUT2D eigenvalue weighted by atomic mass is 35.5. The van der Waals surface area contributed by atoms with Crippen molar-refractivity contribution in [2.24, 2.45) is 9.98 Å². The summed E-state index contributed by atoms with van der Waals surface area (Å²) in [5.41, 5.74) is 9.26. The maximum absolute atomic E-state index is 12.0. The van der Waals surface area contributed by atoms with Crippen molar-refractivity contribution in [3.63, 3.8) is 0 Å². The normalized spacial score (nSPS) is 24.2. The summed E-state index contributed by atoms with van der Waals surface area (Å²) < 4.78 is 0. The highest BCUT2D eigenvalue weighted by Crippen LogP contribution is 2.54. The van der Waals surface area contributed by atoms with Gasteiger partial charge < -0.3 is 24.7 Å². The molecule has 0 fully saturated rings. The Balaban J connectivity index is 1.38. The summed E-state index contributed by atoms with van der Waals surface area (Å²) in [5.74, 6) is 0. The first-order valence-electron chi connectivity index (χ1n) is 18.3. The number of rotatable bonds is 5. The zero-order valence-corrected chi connectivity index (χ0v) is 32.5. The van der Waals surface area contributed by atoms with Crippen molar-refractivity contribution in [3.8, 4) is 0 Å². The number of nitro benzene ring substituents is 1. The summed E-state index contributed by atoms with van der Waals surface area (Å²) in [6.45, 7) is 2.09. The van der Waals surface area contributed by atoms with Gasteiger partial charge in [0, 0.05) is 91.7 Å². The molecule has 2 aromatic heterocycles. The number of aliphatic imine (C=N–C) groups is 2. The van der Waals surface area contributed by atoms with Gasteiger partial charge in [0.25, 0.3) is 5.69 Å². The van der Waals surface area contributed by atoms with Crippen molar-refractivity contribution in [1.29, 1.82) is 0 Å². The van der Waals surface area contributed by atoms with E-state index in [0.29, 0.717) is 40.5 Å². The quantitative estimate of drug-likeness (QED) is 0.132. The first kappa shape index (κ1) is 35.6. The van der Waals surface area contributed by atoms with Gasteiger partial charge in [0.15, 0.2) is 9.87 Å². The van der Waals surface area contributed by atoms with E-state index in [4.69, 9.17) is 33.2 Å². The number of aromatic amines is 2. The topological polar surface area (TPSA) is 109 Å². The Morgan fingerprint density at radius 3 is 2.02 bits per heavy atom. The number of nitrogens with zero attached hydrogens (tertiary/aromatic N) is 6. The van der Waals surface area contributed by atoms with Crippen LogP contribution in [0, 0.1) is 10.1 Å². The maximum atomic E-state index is 12.0. The van der Waals surface area contributed by atoms with E-state index in [-0.39, 0.29) is 10.6 Å². The van der Waals surface area contributed by atoms with Gasteiger partial charge in [-0.1, -0.05) is 42.0 Å². The Labute approximate surface area is 334 Å². The molecule has 1 aromatic carbocycles. The average molecular weight is 782 g/mol. The molecule has 0 radical (unpaired) electrons. The molecule has 6 aliphatic rings. The molecular formula is C44H38Cl2N8O2. The van der Waals surface area contributed by atoms with Gasteiger partial charge in [-0.3, -0.25) is 15.1 Å². The van der Waals surface area contributed by atoms with Crippen LogP contribution in [0.3, 0.4) is 0 Å². The Bertz CT molecular complexity index is 2700. The minimum Gasteiger partial charge on any atom is -0.377 e. The lowest BCUT2D eigenvalue weighted by molar-refractivity contribution is -0.384. The number of allylic oxidation sites excluding steroid dienone is 8. The number of non-ortho nitro benzene ring substituents is 1. The van der Waals surface area contributed by atoms with Crippen LogP contribution in [0.4, 0.5) is 5.69 Å². The third kappa shape index (κ3) is 5.97. The van der Waals surface area contributed by atoms with E-state index in [1.165, 1.54) is 6.07 Å². The molecular weight excluding hydrogens is 743 g/mol. The van der Waals surface area contributed by atoms with Crippen molar-refractivity contribution >= 4 is 57.0 Å². The molecule has 0 saturated carbocycles. The van der Waals surface area contributed by atoms with Crippen LogP contribution in [0.2, 0.25) is 0 Å². The number of H-pyrrole nitrogens is 2. The molecule has 3 aromatic rings. The lowest BCUT2D eigenvalue weighted by Gasteiger charge is -2.39. The Morgan fingerprint density at radius 1 is 0.732 bits per heavy atom. The van der Waals surface area contributed by atoms with Gasteiger partial charge >= 0.3 is 0 Å². The van der Waals surface area contributed by atoms with Gasteiger partial charge in [0.05, 0.1) is 22.0 Å². The summed E-state index contributed by atoms with van der Waals surface area (Å²) in [6, 6.07) is 14.6. The molecule has 10 nitrogen and oxygen atoms in total. The number of hydrogen-bond donors (Lipinski definition) is 2. The van der Waals surface area contributed by atoms with Crippen molar-refractivity contribution in [3.05, 3.63) is 188 Å². The van der Waals surface area contributed by atoms with Crippen LogP contribution in [-0.2, 0) is 4.87 Å². The van der Waals surface area contributed by atoms with Crippen LogP contribution >= 0.6 is 23.2 Å². The number of halogens is 2. The molecule has 0 aliphatic carbocycles. The van der Waals surface area contributed by atoms with E-state index in [0.717, 1.165) is 57.4 Å². The fourth-order valence-corrected chi connectivity index (χ4v) is 8.57. The molecule has 6 aliphatic heterocycles. The molecule has 8 bridgehead atoms. The number of benzene rings is 1. The number of fused-ring (bicyclic) bond motifs is 6. The van der Waals surface area contributed by atoms with Crippen molar-refractivity contribution in [2.45, 2.75) is 9.87 Å². The first-order valence-corrected chi connectivity index (χ1v) is 19.1. The second-order valence-corrected chi connectivity index (χ2v) is 15.8. The standard InChI is InChI=1S/C44H38Cl2N8O2/c1-51-21-14-28(15-22-51)40-33-7-9-35(47-33)41(29-16-23-52(2)24-17-29)38-13-20-43(45,50-38)44(46,31-18-25-53(3)26-19-31)39-12-11-37(49-39)42(36-10-8-34(40)48-36)30-5-4-6-32(27-30)54(55)56/h4-21,23,25,27,47,49H,22,24,26H2,1-3H3. The Hall–Kier alpha value is -6.10. The summed E-state index contributed by atoms with van der Waals surface area (Å²) in [5, 5.41) is 13.8. The van der Waals surface area contributed by atoms with Crippen LogP contribution in [0.1, 0.15) is 17.0 Å². The molecule has 0 saturated heterocycles. The monoisotopic (exact) mass is 780 g/mol. The van der Waals surface area contributed by atoms with Crippen LogP contribution in [0.15, 0.2) is 160 Å². The molecule has 2 atom stereocenters. The van der Waals surface area contributed by atoms with E-state index in [9.17, 15) is 10.1 Å². The molecule has 0 amide bonds. The molecule has 2 N–H and O–H groups in total. The third-order valence-corrected chi connectivity index (χ3v) is 12.1. The summed E-state index contributed by atoms with van der Waals surface area (Å²) in [6.07, 6.45) is 26.5. The van der Waals surface area contributed by atoms with Crippen LogP contribution in [-0.4, -0.2) is 86.8 Å². The van der Waals surface area contributed by atoms with Crippen molar-refractivity contribution < 1.29 is 4.92 Å². The van der Waals surface area contributed by atoms with Gasteiger partial charge in [0.1, 0.15) is 0 Å². The number of alkyl halides is 2. The fraction of sp³-hybridized carbons (Fsp3) is 0.182. The summed E-state index contributed by atoms with van der Waals surface area (Å²) in [7, 11) is 6.08. The number of hydrogen-bond acceptors (Lipinski definition) is 7. The van der Waals surface area contributed by atoms with E-state index in [2.05, 4.69) is 79.6 Å². The van der Waals surface area contributed by atoms with Gasteiger partial charge in [-0.15, -0.1) is 11.6 Å². The zero-order chi connectivity index (χ0) is 38.8. The van der Waals surface area contributed by atoms with Crippen LogP contribution < -0.4 is 10.7 Å². The summed E-state index contributed by atoms with van der Waals surface area (Å²) in [4.78, 5) is 33.1. The van der Waals surface area contributed by atoms with Crippen LogP contribution in [0.25, 0.3) is 16.7 Å². The summed E-state index contributed by atoms with van der Waals surface area (Å²) >= 11 is 15.8. The predicted octanol–water partition coefficient (Wildman–Crippen LogP) is 6.57. The lowest BCUT2D eigenvalue weighted by Crippen LogP contribution is -2.42. The number of likely N-dealkylation sites (N-methyl/N-ethyl adjacent to an activating group) is 3. The number of nitrogens with one attached hydrogen (secondary N) is 2. The Morgan fingerprint density at radius 2 is 1.39 bits per heavy atom. The van der Waals surface area contributed by atoms with E-state index in [1.54, 1.807) is 12.1 Å². The fourth-order valence-electron chi connectivity index (χ4n) is 7.85. The number of nitro groups is 1. The minimum absolute atomic E-state index is 0.0268. The maximum Gasteiger partial charge on any atom is 0.270 e. The Kier molecular flexibility index (Phi) is 8.63. The van der Waals surface area contributed by atoms with Gasteiger partial charge in [-0.2, -0.15) is 0 Å². The molecule has 2 unspecified atom stereocenters. The highest BCUT2D eigenvalue weighted by molar-refractivity contribution is 6.41. The number of aromatic nitrogens is 2. The SMILES string of the molecule is CN1C=CC(C2=c3ccc([nH]3)=C(C3=CCN(C)C=C3)C3=NC(Cl)(C=C3)C(Cl)(C3=CCN(C)C=C3)c3ccc([nH]3)C(c3cccc([N+](=O)[O-])c3)=C3C=CC2=N3)=CC1. The average Bonchev–Trinajstić information content (AvgIpc) is 4.03. The van der Waals surface area contributed by atoms with E-state index >= 15 is 0 Å². The van der Waals surface area contributed by atoms with Gasteiger partial charge in [-0.25, -0.2) is 4.99 Å². The van der Waals surface area contributed by atoms with Crippen LogP contribution in [0.5, 0.6) is 0 Å². The largest absolute Gasteiger partial charge is 0.377 e. The first-order chi connectivity index (χ1) is 27.0. The second-order valence-electron chi connectivity index (χ2n) is 14.6. The second kappa shape index (κ2) is 13.6. The van der Waals surface area contributed by atoms with Crippen molar-refractivity contribution in [2.75, 3.05) is 40.8 Å². The predicted molar refractivity (Wildman–Crippen MR) is 226 cm³/mol. The lowest BCUT2D eigenvalue weighted by atomic mass is 9.85. The molecule has 280 valence electrons. The minimum atomic E-state index is -1.47. The molecule has 9 rings (SSSR count). The zero-order valence-electron chi connectivity index (χ0n) is 31.0. The van der Waals surface area contributed by atoms with Crippen molar-refractivity contribution in [1.82, 2.24) is 24.7 Å². The third-order valence-electron chi connectivity index (χ3n) is 10.8. The van der Waals surface area contributed by atoms with E-state index in [1.807, 2.05) is 75.9 Å². The molecule has 8 heterocycles. The highest BCUT2D eigenvalue weighted by Gasteiger charge is 2.54. The van der Waals surface area contributed by atoms with Gasteiger partial charge in [0.2, 0.25) is 0 Å².